The molecule has 0 spiro atoms. The molecule has 1 aliphatic rings. The van der Waals surface area contributed by atoms with E-state index in [9.17, 15) is 4.79 Å². The van der Waals surface area contributed by atoms with Gasteiger partial charge in [0.1, 0.15) is 12.2 Å². The van der Waals surface area contributed by atoms with Gasteiger partial charge in [-0.05, 0) is 25.0 Å². The van der Waals surface area contributed by atoms with Crippen LogP contribution in [-0.4, -0.2) is 55.0 Å². The molecule has 1 atom stereocenters. The Morgan fingerprint density at radius 1 is 1.21 bits per heavy atom. The number of nitriles is 1. The van der Waals surface area contributed by atoms with Crippen LogP contribution in [0, 0.1) is 11.3 Å². The number of benzene rings is 1. The first-order valence-corrected chi connectivity index (χ1v) is 8.89. The molecule has 1 fully saturated rings. The summed E-state index contributed by atoms with van der Waals surface area (Å²) in [5.74, 6) is -0.00513. The molecule has 1 saturated heterocycles. The highest BCUT2D eigenvalue weighted by atomic mass is 16.5. The van der Waals surface area contributed by atoms with Crippen LogP contribution >= 0.6 is 0 Å². The summed E-state index contributed by atoms with van der Waals surface area (Å²) < 4.78 is 5.84. The second-order valence-corrected chi connectivity index (χ2v) is 6.31. The summed E-state index contributed by atoms with van der Waals surface area (Å²) in [5, 5.41) is 17.6. The van der Waals surface area contributed by atoms with Crippen molar-refractivity contribution in [3.8, 4) is 17.6 Å². The normalized spacial score (nSPS) is 16.4. The minimum atomic E-state index is -0.259. The lowest BCUT2D eigenvalue weighted by Crippen LogP contribution is -2.44. The van der Waals surface area contributed by atoms with Crippen LogP contribution in [0.5, 0.6) is 5.88 Å². The van der Waals surface area contributed by atoms with Gasteiger partial charge in [0.05, 0.1) is 18.4 Å². The third-order valence-electron chi connectivity index (χ3n) is 4.41. The van der Waals surface area contributed by atoms with E-state index >= 15 is 0 Å². The standard InChI is InChI=1S/C19H17N7O2/c20-11-16-18(22-9-8-21-16)28-15-7-4-10-25(13-15)19(27)17-12-23-26(24-17)14-5-2-1-3-6-14/h1-3,5-6,8-9,12,15H,4,7,10,13H2. The molecule has 1 aromatic carbocycles. The summed E-state index contributed by atoms with van der Waals surface area (Å²) in [5.41, 5.74) is 1.20. The summed E-state index contributed by atoms with van der Waals surface area (Å²) in [4.78, 5) is 24.0. The van der Waals surface area contributed by atoms with Gasteiger partial charge in [-0.15, -0.1) is 5.10 Å². The summed E-state index contributed by atoms with van der Waals surface area (Å²) in [6.45, 7) is 1.00. The number of likely N-dealkylation sites (tertiary alicyclic amines) is 1. The maximum absolute atomic E-state index is 12.8. The average Bonchev–Trinajstić information content (AvgIpc) is 3.25. The van der Waals surface area contributed by atoms with Gasteiger partial charge < -0.3 is 9.64 Å². The Hall–Kier alpha value is -3.80. The van der Waals surface area contributed by atoms with E-state index in [-0.39, 0.29) is 29.3 Å². The van der Waals surface area contributed by atoms with Gasteiger partial charge in [0.25, 0.3) is 11.8 Å². The second-order valence-electron chi connectivity index (χ2n) is 6.31. The average molecular weight is 375 g/mol. The SMILES string of the molecule is N#Cc1nccnc1OC1CCCN(C(=O)c2cnn(-c3ccccc3)n2)C1. The number of nitrogens with zero attached hydrogens (tertiary/aromatic N) is 7. The first-order valence-electron chi connectivity index (χ1n) is 8.89. The van der Waals surface area contributed by atoms with Gasteiger partial charge in [-0.25, -0.2) is 9.97 Å². The molecular weight excluding hydrogens is 358 g/mol. The van der Waals surface area contributed by atoms with E-state index in [4.69, 9.17) is 10.00 Å². The van der Waals surface area contributed by atoms with Crippen LogP contribution in [0.1, 0.15) is 29.0 Å². The fraction of sp³-hybridized carbons (Fsp3) is 0.263. The maximum Gasteiger partial charge on any atom is 0.276 e. The Labute approximate surface area is 161 Å². The molecule has 3 heterocycles. The van der Waals surface area contributed by atoms with E-state index in [0.717, 1.165) is 18.5 Å². The van der Waals surface area contributed by atoms with Crippen LogP contribution in [-0.2, 0) is 0 Å². The van der Waals surface area contributed by atoms with Gasteiger partial charge in [-0.2, -0.15) is 15.2 Å². The van der Waals surface area contributed by atoms with Gasteiger partial charge in [-0.1, -0.05) is 18.2 Å². The molecule has 28 heavy (non-hydrogen) atoms. The van der Waals surface area contributed by atoms with E-state index in [0.29, 0.717) is 13.1 Å². The molecular formula is C19H17N7O2. The zero-order valence-electron chi connectivity index (χ0n) is 15.0. The second kappa shape index (κ2) is 7.84. The zero-order chi connectivity index (χ0) is 19.3. The Kier molecular flexibility index (Phi) is 4.93. The minimum absolute atomic E-state index is 0.136. The van der Waals surface area contributed by atoms with Crippen LogP contribution in [0.2, 0.25) is 0 Å². The van der Waals surface area contributed by atoms with E-state index in [1.54, 1.807) is 4.90 Å². The highest BCUT2D eigenvalue weighted by molar-refractivity contribution is 5.92. The van der Waals surface area contributed by atoms with E-state index < -0.39 is 0 Å². The minimum Gasteiger partial charge on any atom is -0.470 e. The number of piperidine rings is 1. The summed E-state index contributed by atoms with van der Waals surface area (Å²) in [7, 11) is 0. The van der Waals surface area contributed by atoms with Crippen LogP contribution in [0.3, 0.4) is 0 Å². The lowest BCUT2D eigenvalue weighted by Gasteiger charge is -2.32. The van der Waals surface area contributed by atoms with Crippen molar-refractivity contribution in [2.75, 3.05) is 13.1 Å². The molecule has 140 valence electrons. The van der Waals surface area contributed by atoms with Crippen molar-refractivity contribution in [3.05, 3.63) is 60.3 Å². The molecule has 9 heteroatoms. The Bertz CT molecular complexity index is 1010. The van der Waals surface area contributed by atoms with Gasteiger partial charge >= 0.3 is 0 Å². The molecule has 1 amide bonds. The van der Waals surface area contributed by atoms with Crippen LogP contribution in [0.4, 0.5) is 0 Å². The molecule has 3 aromatic rings. The van der Waals surface area contributed by atoms with Crippen LogP contribution in [0.15, 0.2) is 48.9 Å². The molecule has 0 N–H and O–H groups in total. The van der Waals surface area contributed by atoms with Crippen molar-refractivity contribution in [2.24, 2.45) is 0 Å². The van der Waals surface area contributed by atoms with Crippen molar-refractivity contribution in [1.29, 1.82) is 5.26 Å². The number of aromatic nitrogens is 5. The Morgan fingerprint density at radius 2 is 2.04 bits per heavy atom. The summed E-state index contributed by atoms with van der Waals surface area (Å²) in [6.07, 6.45) is 5.68. The largest absolute Gasteiger partial charge is 0.470 e. The predicted octanol–water partition coefficient (Wildman–Crippen LogP) is 1.61. The number of ether oxygens (including phenoxy) is 1. The van der Waals surface area contributed by atoms with Crippen LogP contribution in [0.25, 0.3) is 5.69 Å². The number of rotatable bonds is 4. The molecule has 0 bridgehead atoms. The molecule has 4 rings (SSSR count). The van der Waals surface area contributed by atoms with E-state index in [2.05, 4.69) is 20.2 Å². The highest BCUT2D eigenvalue weighted by Crippen LogP contribution is 2.19. The first kappa shape index (κ1) is 17.6. The first-order chi connectivity index (χ1) is 13.7. The molecule has 0 aliphatic carbocycles. The van der Waals surface area contributed by atoms with Gasteiger partial charge in [0.15, 0.2) is 5.69 Å². The monoisotopic (exact) mass is 375 g/mol. The van der Waals surface area contributed by atoms with Crippen LogP contribution < -0.4 is 4.74 Å². The fourth-order valence-electron chi connectivity index (χ4n) is 3.07. The topological polar surface area (TPSA) is 110 Å². The highest BCUT2D eigenvalue weighted by Gasteiger charge is 2.28. The van der Waals surface area contributed by atoms with Crippen molar-refractivity contribution < 1.29 is 9.53 Å². The van der Waals surface area contributed by atoms with Gasteiger partial charge in [0.2, 0.25) is 5.69 Å². The number of carbonyl (C=O) groups is 1. The summed E-state index contributed by atoms with van der Waals surface area (Å²) >= 11 is 0. The quantitative estimate of drug-likeness (QED) is 0.681. The molecule has 0 saturated carbocycles. The van der Waals surface area contributed by atoms with E-state index in [1.165, 1.54) is 23.4 Å². The smallest absolute Gasteiger partial charge is 0.276 e. The Balaban J connectivity index is 1.45. The Morgan fingerprint density at radius 3 is 2.86 bits per heavy atom. The fourth-order valence-corrected chi connectivity index (χ4v) is 3.07. The lowest BCUT2D eigenvalue weighted by atomic mass is 10.1. The number of hydrogen-bond acceptors (Lipinski definition) is 7. The number of hydrogen-bond donors (Lipinski definition) is 0. The number of amides is 1. The number of carbonyl (C=O) groups excluding carboxylic acids is 1. The molecule has 1 aliphatic heterocycles. The lowest BCUT2D eigenvalue weighted by molar-refractivity contribution is 0.0520. The molecule has 9 nitrogen and oxygen atoms in total. The molecule has 1 unspecified atom stereocenters. The predicted molar refractivity (Wildman–Crippen MR) is 97.7 cm³/mol. The molecule has 2 aromatic heterocycles. The van der Waals surface area contributed by atoms with Gasteiger partial charge in [-0.3, -0.25) is 4.79 Å². The van der Waals surface area contributed by atoms with Crippen molar-refractivity contribution in [3.63, 3.8) is 0 Å². The maximum atomic E-state index is 12.8. The molecule has 0 radical (unpaired) electrons. The van der Waals surface area contributed by atoms with Crippen molar-refractivity contribution >= 4 is 5.91 Å². The van der Waals surface area contributed by atoms with Crippen molar-refractivity contribution in [1.82, 2.24) is 29.9 Å². The zero-order valence-corrected chi connectivity index (χ0v) is 15.0. The third kappa shape index (κ3) is 3.66. The third-order valence-corrected chi connectivity index (χ3v) is 4.41. The van der Waals surface area contributed by atoms with Gasteiger partial charge in [0, 0.05) is 18.9 Å². The van der Waals surface area contributed by atoms with E-state index in [1.807, 2.05) is 36.4 Å². The summed E-state index contributed by atoms with van der Waals surface area (Å²) in [6, 6.07) is 11.4. The van der Waals surface area contributed by atoms with Crippen molar-refractivity contribution in [2.45, 2.75) is 18.9 Å². The number of para-hydroxylation sites is 1.